The standard InChI is InChI=1S/C17H18N2O2/c1-4-13-6-5-7-14(8-13)15-9-16(19-12(3)21)17(11(2)20)18-10-15/h5-10H,4H2,1-3H3,(H,19,21). The van der Waals surface area contributed by atoms with Crippen LogP contribution in [0.5, 0.6) is 0 Å². The SMILES string of the molecule is CCc1cccc(-c2cnc(C(C)=O)c(NC(C)=O)c2)c1. The molecule has 0 aliphatic rings. The monoisotopic (exact) mass is 282 g/mol. The van der Waals surface area contributed by atoms with E-state index in [1.165, 1.54) is 19.4 Å². The second kappa shape index (κ2) is 6.31. The van der Waals surface area contributed by atoms with E-state index in [0.717, 1.165) is 17.5 Å². The van der Waals surface area contributed by atoms with Gasteiger partial charge in [0.2, 0.25) is 5.91 Å². The van der Waals surface area contributed by atoms with Crippen LogP contribution < -0.4 is 5.32 Å². The van der Waals surface area contributed by atoms with Crippen LogP contribution in [0.2, 0.25) is 0 Å². The minimum Gasteiger partial charge on any atom is -0.324 e. The summed E-state index contributed by atoms with van der Waals surface area (Å²) >= 11 is 0. The number of aromatic nitrogens is 1. The highest BCUT2D eigenvalue weighted by atomic mass is 16.1. The number of pyridine rings is 1. The fourth-order valence-corrected chi connectivity index (χ4v) is 2.16. The second-order valence-electron chi connectivity index (χ2n) is 4.91. The van der Waals surface area contributed by atoms with E-state index in [4.69, 9.17) is 0 Å². The molecule has 108 valence electrons. The number of nitrogens with zero attached hydrogens (tertiary/aromatic N) is 1. The van der Waals surface area contributed by atoms with E-state index < -0.39 is 0 Å². The summed E-state index contributed by atoms with van der Waals surface area (Å²) in [7, 11) is 0. The molecule has 1 aromatic heterocycles. The number of rotatable bonds is 4. The summed E-state index contributed by atoms with van der Waals surface area (Å²) in [6.07, 6.45) is 2.61. The van der Waals surface area contributed by atoms with Crippen molar-refractivity contribution in [3.8, 4) is 11.1 Å². The number of amides is 1. The molecule has 0 fully saturated rings. The van der Waals surface area contributed by atoms with Crippen molar-refractivity contribution in [2.24, 2.45) is 0 Å². The van der Waals surface area contributed by atoms with Crippen molar-refractivity contribution in [2.75, 3.05) is 5.32 Å². The molecule has 0 bridgehead atoms. The van der Waals surface area contributed by atoms with Crippen molar-refractivity contribution in [2.45, 2.75) is 27.2 Å². The molecule has 0 saturated heterocycles. The van der Waals surface area contributed by atoms with Gasteiger partial charge >= 0.3 is 0 Å². The van der Waals surface area contributed by atoms with Crippen LogP contribution in [0.4, 0.5) is 5.69 Å². The van der Waals surface area contributed by atoms with Crippen LogP contribution in [0.3, 0.4) is 0 Å². The van der Waals surface area contributed by atoms with E-state index in [2.05, 4.69) is 29.4 Å². The average molecular weight is 282 g/mol. The lowest BCUT2D eigenvalue weighted by Crippen LogP contribution is -2.11. The van der Waals surface area contributed by atoms with Gasteiger partial charge in [-0.15, -0.1) is 0 Å². The Morgan fingerprint density at radius 3 is 2.52 bits per heavy atom. The average Bonchev–Trinajstić information content (AvgIpc) is 2.46. The van der Waals surface area contributed by atoms with Crippen LogP contribution in [0.15, 0.2) is 36.5 Å². The molecular weight excluding hydrogens is 264 g/mol. The van der Waals surface area contributed by atoms with Crippen LogP contribution >= 0.6 is 0 Å². The van der Waals surface area contributed by atoms with Crippen LogP contribution in [0.1, 0.15) is 36.8 Å². The number of hydrogen-bond donors (Lipinski definition) is 1. The summed E-state index contributed by atoms with van der Waals surface area (Å²) in [5.74, 6) is -0.397. The van der Waals surface area contributed by atoms with Gasteiger partial charge < -0.3 is 5.32 Å². The van der Waals surface area contributed by atoms with Crippen LogP contribution in [0, 0.1) is 0 Å². The van der Waals surface area contributed by atoms with Crippen molar-refractivity contribution in [1.29, 1.82) is 0 Å². The number of nitrogens with one attached hydrogen (secondary N) is 1. The third-order valence-electron chi connectivity index (χ3n) is 3.20. The fourth-order valence-electron chi connectivity index (χ4n) is 2.16. The minimum atomic E-state index is -0.223. The van der Waals surface area contributed by atoms with Crippen LogP contribution in [0.25, 0.3) is 11.1 Å². The molecule has 2 rings (SSSR count). The van der Waals surface area contributed by atoms with Gasteiger partial charge in [-0.05, 0) is 23.6 Å². The first-order chi connectivity index (χ1) is 10.0. The lowest BCUT2D eigenvalue weighted by molar-refractivity contribution is -0.114. The van der Waals surface area contributed by atoms with Gasteiger partial charge in [0, 0.05) is 25.6 Å². The zero-order valence-electron chi connectivity index (χ0n) is 12.4. The Morgan fingerprint density at radius 2 is 1.90 bits per heavy atom. The van der Waals surface area contributed by atoms with Gasteiger partial charge in [-0.1, -0.05) is 31.2 Å². The van der Waals surface area contributed by atoms with E-state index in [-0.39, 0.29) is 17.4 Å². The van der Waals surface area contributed by atoms with Crippen molar-refractivity contribution < 1.29 is 9.59 Å². The van der Waals surface area contributed by atoms with Crippen molar-refractivity contribution in [1.82, 2.24) is 4.98 Å². The minimum absolute atomic E-state index is 0.174. The Hall–Kier alpha value is -2.49. The number of carbonyl (C=O) groups excluding carboxylic acids is 2. The summed E-state index contributed by atoms with van der Waals surface area (Å²) < 4.78 is 0. The molecule has 4 nitrogen and oxygen atoms in total. The summed E-state index contributed by atoms with van der Waals surface area (Å²) in [6, 6.07) is 9.92. The number of anilines is 1. The lowest BCUT2D eigenvalue weighted by atomic mass is 10.0. The van der Waals surface area contributed by atoms with Gasteiger partial charge in [-0.3, -0.25) is 14.6 Å². The number of ketones is 1. The van der Waals surface area contributed by atoms with E-state index in [1.54, 1.807) is 12.3 Å². The number of carbonyl (C=O) groups is 2. The Balaban J connectivity index is 2.49. The lowest BCUT2D eigenvalue weighted by Gasteiger charge is -2.10. The highest BCUT2D eigenvalue weighted by Crippen LogP contribution is 2.25. The first kappa shape index (κ1) is 14.9. The zero-order chi connectivity index (χ0) is 15.4. The number of hydrogen-bond acceptors (Lipinski definition) is 3. The van der Waals surface area contributed by atoms with E-state index >= 15 is 0 Å². The van der Waals surface area contributed by atoms with Crippen molar-refractivity contribution in [3.05, 3.63) is 47.8 Å². The molecule has 0 unspecified atom stereocenters. The fraction of sp³-hybridized carbons (Fsp3) is 0.235. The summed E-state index contributed by atoms with van der Waals surface area (Å²) in [4.78, 5) is 27.1. The summed E-state index contributed by atoms with van der Waals surface area (Å²) in [6.45, 7) is 4.94. The highest BCUT2D eigenvalue weighted by Gasteiger charge is 2.12. The van der Waals surface area contributed by atoms with Crippen LogP contribution in [-0.4, -0.2) is 16.7 Å². The second-order valence-corrected chi connectivity index (χ2v) is 4.91. The first-order valence-electron chi connectivity index (χ1n) is 6.89. The quantitative estimate of drug-likeness (QED) is 0.873. The largest absolute Gasteiger partial charge is 0.324 e. The maximum atomic E-state index is 11.6. The van der Waals surface area contributed by atoms with Gasteiger partial charge in [0.05, 0.1) is 5.69 Å². The molecule has 1 amide bonds. The Kier molecular flexibility index (Phi) is 4.48. The van der Waals surface area contributed by atoms with E-state index in [9.17, 15) is 9.59 Å². The van der Waals surface area contributed by atoms with Gasteiger partial charge in [0.1, 0.15) is 5.69 Å². The first-order valence-corrected chi connectivity index (χ1v) is 6.89. The normalized spacial score (nSPS) is 10.2. The molecule has 2 aromatic rings. The van der Waals surface area contributed by atoms with Gasteiger partial charge in [0.15, 0.2) is 5.78 Å². The van der Waals surface area contributed by atoms with Crippen LogP contribution in [-0.2, 0) is 11.2 Å². The third kappa shape index (κ3) is 3.54. The highest BCUT2D eigenvalue weighted by molar-refractivity contribution is 6.02. The molecule has 0 saturated carbocycles. The van der Waals surface area contributed by atoms with Gasteiger partial charge in [-0.25, -0.2) is 0 Å². The Labute approximate surface area is 124 Å². The topological polar surface area (TPSA) is 59.1 Å². The number of Topliss-reactive ketones (excluding diaryl/α,β-unsaturated/α-hetero) is 1. The summed E-state index contributed by atoms with van der Waals surface area (Å²) in [5, 5.41) is 2.67. The smallest absolute Gasteiger partial charge is 0.221 e. The molecule has 0 radical (unpaired) electrons. The number of benzene rings is 1. The molecule has 0 spiro atoms. The van der Waals surface area contributed by atoms with Crippen molar-refractivity contribution >= 4 is 17.4 Å². The molecule has 0 aliphatic heterocycles. The van der Waals surface area contributed by atoms with Gasteiger partial charge in [-0.2, -0.15) is 0 Å². The van der Waals surface area contributed by atoms with Gasteiger partial charge in [0.25, 0.3) is 0 Å². The molecule has 0 atom stereocenters. The number of aryl methyl sites for hydroxylation is 1. The zero-order valence-corrected chi connectivity index (χ0v) is 12.4. The van der Waals surface area contributed by atoms with E-state index in [1.807, 2.05) is 12.1 Å². The predicted octanol–water partition coefficient (Wildman–Crippen LogP) is 3.47. The molecule has 4 heteroatoms. The summed E-state index contributed by atoms with van der Waals surface area (Å²) in [5.41, 5.74) is 3.85. The molecule has 1 N–H and O–H groups in total. The molecule has 21 heavy (non-hydrogen) atoms. The molecule has 1 aromatic carbocycles. The predicted molar refractivity (Wildman–Crippen MR) is 83.4 cm³/mol. The van der Waals surface area contributed by atoms with E-state index in [0.29, 0.717) is 5.69 Å². The molecule has 0 aliphatic carbocycles. The maximum Gasteiger partial charge on any atom is 0.221 e. The third-order valence-corrected chi connectivity index (χ3v) is 3.20. The van der Waals surface area contributed by atoms with Crippen molar-refractivity contribution in [3.63, 3.8) is 0 Å². The molecule has 1 heterocycles. The Morgan fingerprint density at radius 1 is 1.14 bits per heavy atom. The maximum absolute atomic E-state index is 11.6. The molecular formula is C17H18N2O2. The Bertz CT molecular complexity index is 693.